The van der Waals surface area contributed by atoms with Gasteiger partial charge in [0.05, 0.1) is 17.8 Å². The lowest BCUT2D eigenvalue weighted by atomic mass is 10.1. The molecule has 0 saturated carbocycles. The van der Waals surface area contributed by atoms with Crippen LogP contribution in [0.4, 0.5) is 10.2 Å². The second-order valence-electron chi connectivity index (χ2n) is 8.64. The number of benzene rings is 1. The SMILES string of the molecule is C=C(N(C)C)N(CCC)c1nn(Cc2ccc(-c3cccc(F)n3)cc2)cc1C=O.CCC.CCC. The number of carbonyl (C=O) groups is 1. The molecule has 0 aliphatic heterocycles. The smallest absolute Gasteiger partial charge is 0.213 e. The van der Waals surface area contributed by atoms with Gasteiger partial charge in [-0.25, -0.2) is 4.98 Å². The molecule has 0 N–H and O–H groups in total. The first-order valence-corrected chi connectivity index (χ1v) is 12.6. The molecule has 0 aliphatic carbocycles. The van der Waals surface area contributed by atoms with E-state index in [4.69, 9.17) is 0 Å². The zero-order valence-electron chi connectivity index (χ0n) is 23.0. The molecule has 0 spiro atoms. The van der Waals surface area contributed by atoms with Gasteiger partial charge in [-0.05, 0) is 24.1 Å². The van der Waals surface area contributed by atoms with Crippen molar-refractivity contribution in [3.8, 4) is 11.3 Å². The zero-order chi connectivity index (χ0) is 27.1. The number of hydrogen-bond acceptors (Lipinski definition) is 5. The standard InChI is InChI=1S/C23H26FN5O.2C3H8/c1-5-13-29(17(2)27(3)4)23-20(16-30)15-28(26-23)14-18-9-11-19(12-10-18)21-7-6-8-22(24)25-21;2*1-3-2/h6-12,15-16H,2,5,13-14H2,1,3-4H3;2*3H2,1-2H3. The Bertz CT molecular complexity index is 1060. The lowest BCUT2D eigenvalue weighted by molar-refractivity contribution is 0.112. The van der Waals surface area contributed by atoms with Gasteiger partial charge in [0.15, 0.2) is 12.1 Å². The van der Waals surface area contributed by atoms with Gasteiger partial charge < -0.3 is 9.80 Å². The average Bonchev–Trinajstić information content (AvgIpc) is 3.26. The van der Waals surface area contributed by atoms with Gasteiger partial charge in [0.2, 0.25) is 5.95 Å². The van der Waals surface area contributed by atoms with Gasteiger partial charge in [0.1, 0.15) is 5.82 Å². The van der Waals surface area contributed by atoms with Gasteiger partial charge in [-0.15, -0.1) is 0 Å². The number of pyridine rings is 1. The molecule has 0 atom stereocenters. The molecule has 1 aromatic carbocycles. The van der Waals surface area contributed by atoms with Crippen LogP contribution in [-0.2, 0) is 6.54 Å². The summed E-state index contributed by atoms with van der Waals surface area (Å²) in [5.74, 6) is 0.876. The molecule has 0 unspecified atom stereocenters. The van der Waals surface area contributed by atoms with Gasteiger partial charge in [-0.3, -0.25) is 9.48 Å². The summed E-state index contributed by atoms with van der Waals surface area (Å²) in [4.78, 5) is 19.4. The average molecular weight is 496 g/mol. The first kappa shape index (κ1) is 30.6. The van der Waals surface area contributed by atoms with E-state index in [1.807, 2.05) is 48.2 Å². The van der Waals surface area contributed by atoms with Gasteiger partial charge in [-0.2, -0.15) is 9.49 Å². The second kappa shape index (κ2) is 16.2. The zero-order valence-corrected chi connectivity index (χ0v) is 23.0. The minimum Gasteiger partial charge on any atom is -0.365 e. The monoisotopic (exact) mass is 495 g/mol. The van der Waals surface area contributed by atoms with E-state index in [1.54, 1.807) is 23.0 Å². The summed E-state index contributed by atoms with van der Waals surface area (Å²) >= 11 is 0. The predicted octanol–water partition coefficient (Wildman–Crippen LogP) is 7.03. The summed E-state index contributed by atoms with van der Waals surface area (Å²) in [6.45, 7) is 15.9. The quantitative estimate of drug-likeness (QED) is 0.236. The number of nitrogens with zero attached hydrogens (tertiary/aromatic N) is 5. The van der Waals surface area contributed by atoms with Crippen molar-refractivity contribution in [2.45, 2.75) is 60.4 Å². The third kappa shape index (κ3) is 9.29. The molecule has 0 amide bonds. The predicted molar refractivity (Wildman–Crippen MR) is 149 cm³/mol. The van der Waals surface area contributed by atoms with Crippen LogP contribution in [-0.4, -0.2) is 46.6 Å². The number of anilines is 1. The van der Waals surface area contributed by atoms with E-state index in [0.717, 1.165) is 29.7 Å². The minimum atomic E-state index is -0.502. The molecule has 36 heavy (non-hydrogen) atoms. The van der Waals surface area contributed by atoms with E-state index in [-0.39, 0.29) is 0 Å². The second-order valence-corrected chi connectivity index (χ2v) is 8.64. The van der Waals surface area contributed by atoms with E-state index in [0.29, 0.717) is 30.2 Å². The third-order valence-electron chi connectivity index (χ3n) is 4.74. The highest BCUT2D eigenvalue weighted by atomic mass is 19.1. The summed E-state index contributed by atoms with van der Waals surface area (Å²) in [5.41, 5.74) is 2.95. The van der Waals surface area contributed by atoms with E-state index >= 15 is 0 Å². The molecule has 7 heteroatoms. The van der Waals surface area contributed by atoms with Crippen LogP contribution in [0.1, 0.15) is 69.8 Å². The maximum absolute atomic E-state index is 13.4. The largest absolute Gasteiger partial charge is 0.365 e. The first-order chi connectivity index (χ1) is 17.3. The van der Waals surface area contributed by atoms with Crippen molar-refractivity contribution in [1.29, 1.82) is 0 Å². The highest BCUT2D eigenvalue weighted by molar-refractivity contribution is 5.83. The fraction of sp³-hybridized carbons (Fsp3) is 0.414. The van der Waals surface area contributed by atoms with Crippen LogP contribution in [0.2, 0.25) is 0 Å². The number of hydrogen-bond donors (Lipinski definition) is 0. The van der Waals surface area contributed by atoms with Crippen LogP contribution in [0.5, 0.6) is 0 Å². The lowest BCUT2D eigenvalue weighted by Gasteiger charge is -2.29. The Balaban J connectivity index is 0.000000982. The highest BCUT2D eigenvalue weighted by Crippen LogP contribution is 2.23. The van der Waals surface area contributed by atoms with Crippen molar-refractivity contribution < 1.29 is 9.18 Å². The van der Waals surface area contributed by atoms with Gasteiger partial charge in [-0.1, -0.05) is 84.4 Å². The number of aromatic nitrogens is 3. The molecule has 3 rings (SSSR count). The fourth-order valence-corrected chi connectivity index (χ4v) is 3.16. The summed E-state index contributed by atoms with van der Waals surface area (Å²) in [6.07, 6.45) is 5.96. The summed E-state index contributed by atoms with van der Waals surface area (Å²) in [7, 11) is 3.83. The topological polar surface area (TPSA) is 54.3 Å². The number of halogens is 1. The molecule has 0 aliphatic rings. The number of carbonyl (C=O) groups excluding carboxylic acids is 1. The Labute approximate surface area is 216 Å². The molecule has 3 aromatic rings. The molecular weight excluding hydrogens is 453 g/mol. The molecular formula is C29H42FN5O. The van der Waals surface area contributed by atoms with Crippen LogP contribution in [0.25, 0.3) is 11.3 Å². The molecule has 0 fully saturated rings. The first-order valence-electron chi connectivity index (χ1n) is 12.6. The van der Waals surface area contributed by atoms with Crippen LogP contribution in [0.3, 0.4) is 0 Å². The van der Waals surface area contributed by atoms with E-state index in [2.05, 4.69) is 51.3 Å². The normalized spacial score (nSPS) is 9.89. The van der Waals surface area contributed by atoms with E-state index in [1.165, 1.54) is 18.9 Å². The molecule has 196 valence electrons. The number of rotatable bonds is 9. The van der Waals surface area contributed by atoms with E-state index < -0.39 is 5.95 Å². The summed E-state index contributed by atoms with van der Waals surface area (Å²) < 4.78 is 15.1. The Kier molecular flexibility index (Phi) is 13.8. The molecule has 0 radical (unpaired) electrons. The van der Waals surface area contributed by atoms with Crippen LogP contribution < -0.4 is 4.90 Å². The minimum absolute atomic E-state index is 0.502. The van der Waals surface area contributed by atoms with Crippen molar-refractivity contribution in [2.75, 3.05) is 25.5 Å². The van der Waals surface area contributed by atoms with Crippen molar-refractivity contribution >= 4 is 12.1 Å². The van der Waals surface area contributed by atoms with Crippen LogP contribution in [0, 0.1) is 5.95 Å². The fourth-order valence-electron chi connectivity index (χ4n) is 3.16. The maximum Gasteiger partial charge on any atom is 0.213 e. The van der Waals surface area contributed by atoms with Crippen LogP contribution >= 0.6 is 0 Å². The van der Waals surface area contributed by atoms with Crippen molar-refractivity contribution in [2.24, 2.45) is 0 Å². The lowest BCUT2D eigenvalue weighted by Crippen LogP contribution is -2.32. The molecule has 2 aromatic heterocycles. The van der Waals surface area contributed by atoms with Crippen molar-refractivity contribution in [3.63, 3.8) is 0 Å². The van der Waals surface area contributed by atoms with Crippen molar-refractivity contribution in [3.05, 3.63) is 78.1 Å². The third-order valence-corrected chi connectivity index (χ3v) is 4.74. The Morgan fingerprint density at radius 3 is 2.14 bits per heavy atom. The van der Waals surface area contributed by atoms with Gasteiger partial charge in [0.25, 0.3) is 0 Å². The summed E-state index contributed by atoms with van der Waals surface area (Å²) in [6, 6.07) is 12.4. The Morgan fingerprint density at radius 1 is 1.03 bits per heavy atom. The summed E-state index contributed by atoms with van der Waals surface area (Å²) in [5, 5.41) is 4.65. The molecule has 0 saturated heterocycles. The Hall–Kier alpha value is -3.48. The number of aldehydes is 1. The molecule has 6 nitrogen and oxygen atoms in total. The highest BCUT2D eigenvalue weighted by Gasteiger charge is 2.19. The molecule has 0 bridgehead atoms. The maximum atomic E-state index is 13.4. The Morgan fingerprint density at radius 2 is 1.64 bits per heavy atom. The molecule has 2 heterocycles. The van der Waals surface area contributed by atoms with Crippen LogP contribution in [0.15, 0.2) is 61.1 Å². The van der Waals surface area contributed by atoms with Gasteiger partial charge in [0, 0.05) is 32.4 Å². The van der Waals surface area contributed by atoms with Crippen molar-refractivity contribution in [1.82, 2.24) is 19.7 Å². The van der Waals surface area contributed by atoms with E-state index in [9.17, 15) is 9.18 Å². The van der Waals surface area contributed by atoms with Gasteiger partial charge >= 0.3 is 0 Å².